The summed E-state index contributed by atoms with van der Waals surface area (Å²) in [5.74, 6) is 0.798. The SMILES string of the molecule is Cc1ccc(CC(=O)Nc2ccc(OC(C)C)cc2)c(C)c1. The van der Waals surface area contributed by atoms with Crippen LogP contribution in [-0.4, -0.2) is 12.0 Å². The number of hydrogen-bond acceptors (Lipinski definition) is 2. The van der Waals surface area contributed by atoms with E-state index in [-0.39, 0.29) is 12.0 Å². The zero-order valence-electron chi connectivity index (χ0n) is 13.6. The third-order valence-electron chi connectivity index (χ3n) is 3.36. The fraction of sp³-hybridized carbons (Fsp3) is 0.316. The van der Waals surface area contributed by atoms with Gasteiger partial charge in [-0.25, -0.2) is 0 Å². The van der Waals surface area contributed by atoms with Gasteiger partial charge in [-0.15, -0.1) is 0 Å². The first kappa shape index (κ1) is 16.1. The van der Waals surface area contributed by atoms with Crippen LogP contribution in [0.5, 0.6) is 5.75 Å². The average Bonchev–Trinajstić information content (AvgIpc) is 2.43. The molecule has 0 unspecified atom stereocenters. The third-order valence-corrected chi connectivity index (χ3v) is 3.36. The zero-order valence-corrected chi connectivity index (χ0v) is 13.6. The second kappa shape index (κ2) is 7.12. The lowest BCUT2D eigenvalue weighted by Gasteiger charge is -2.11. The number of benzene rings is 2. The summed E-state index contributed by atoms with van der Waals surface area (Å²) in [5, 5.41) is 2.92. The van der Waals surface area contributed by atoms with Crippen LogP contribution in [0.25, 0.3) is 0 Å². The molecule has 22 heavy (non-hydrogen) atoms. The molecule has 0 fully saturated rings. The van der Waals surface area contributed by atoms with E-state index < -0.39 is 0 Å². The Hall–Kier alpha value is -2.29. The van der Waals surface area contributed by atoms with Crippen molar-refractivity contribution in [3.8, 4) is 5.75 Å². The standard InChI is InChI=1S/C19H23NO2/c1-13(2)22-18-9-7-17(8-10-18)20-19(21)12-16-6-5-14(3)11-15(16)4/h5-11,13H,12H2,1-4H3,(H,20,21). The molecule has 3 nitrogen and oxygen atoms in total. The average molecular weight is 297 g/mol. The van der Waals surface area contributed by atoms with Crippen molar-refractivity contribution >= 4 is 11.6 Å². The Kier molecular flexibility index (Phi) is 5.21. The minimum absolute atomic E-state index is 0.00974. The lowest BCUT2D eigenvalue weighted by Crippen LogP contribution is -2.15. The molecule has 1 amide bonds. The Morgan fingerprint density at radius 2 is 1.77 bits per heavy atom. The van der Waals surface area contributed by atoms with E-state index in [4.69, 9.17) is 4.74 Å². The Labute approximate surface area is 132 Å². The van der Waals surface area contributed by atoms with E-state index in [1.807, 2.05) is 57.2 Å². The highest BCUT2D eigenvalue weighted by molar-refractivity contribution is 5.92. The molecule has 0 aliphatic rings. The molecule has 0 bridgehead atoms. The summed E-state index contributed by atoms with van der Waals surface area (Å²) in [6, 6.07) is 13.6. The first-order valence-corrected chi connectivity index (χ1v) is 7.57. The Bertz CT molecular complexity index is 645. The minimum atomic E-state index is -0.00974. The van der Waals surface area contributed by atoms with Crippen molar-refractivity contribution in [3.05, 3.63) is 59.2 Å². The predicted octanol–water partition coefficient (Wildman–Crippen LogP) is 4.27. The zero-order chi connectivity index (χ0) is 16.1. The van der Waals surface area contributed by atoms with E-state index in [1.54, 1.807) is 0 Å². The summed E-state index contributed by atoms with van der Waals surface area (Å²) in [4.78, 5) is 12.1. The van der Waals surface area contributed by atoms with Crippen LogP contribution in [0, 0.1) is 13.8 Å². The first-order valence-electron chi connectivity index (χ1n) is 7.57. The van der Waals surface area contributed by atoms with Gasteiger partial charge in [-0.2, -0.15) is 0 Å². The first-order chi connectivity index (χ1) is 10.4. The molecule has 0 spiro atoms. The number of nitrogens with one attached hydrogen (secondary N) is 1. The van der Waals surface area contributed by atoms with Gasteiger partial charge in [0.05, 0.1) is 12.5 Å². The summed E-state index contributed by atoms with van der Waals surface area (Å²) in [6.45, 7) is 8.06. The van der Waals surface area contributed by atoms with Gasteiger partial charge in [-0.05, 0) is 63.1 Å². The van der Waals surface area contributed by atoms with Gasteiger partial charge in [0.1, 0.15) is 5.75 Å². The quantitative estimate of drug-likeness (QED) is 0.895. The molecule has 0 atom stereocenters. The lowest BCUT2D eigenvalue weighted by atomic mass is 10.0. The van der Waals surface area contributed by atoms with Crippen LogP contribution in [0.2, 0.25) is 0 Å². The van der Waals surface area contributed by atoms with Crippen LogP contribution >= 0.6 is 0 Å². The normalized spacial score (nSPS) is 10.6. The Morgan fingerprint density at radius 1 is 1.09 bits per heavy atom. The number of amides is 1. The maximum absolute atomic E-state index is 12.1. The number of anilines is 1. The molecule has 0 heterocycles. The molecule has 0 aromatic heterocycles. The molecule has 0 saturated carbocycles. The molecule has 0 aliphatic heterocycles. The summed E-state index contributed by atoms with van der Waals surface area (Å²) >= 11 is 0. The van der Waals surface area contributed by atoms with Crippen LogP contribution < -0.4 is 10.1 Å². The largest absolute Gasteiger partial charge is 0.491 e. The van der Waals surface area contributed by atoms with E-state index in [1.165, 1.54) is 5.56 Å². The van der Waals surface area contributed by atoms with Crippen molar-refractivity contribution in [2.24, 2.45) is 0 Å². The third kappa shape index (κ3) is 4.62. The summed E-state index contributed by atoms with van der Waals surface area (Å²) in [7, 11) is 0. The van der Waals surface area contributed by atoms with Crippen LogP contribution in [0.1, 0.15) is 30.5 Å². The van der Waals surface area contributed by atoms with Gasteiger partial charge >= 0.3 is 0 Å². The monoisotopic (exact) mass is 297 g/mol. The smallest absolute Gasteiger partial charge is 0.228 e. The van der Waals surface area contributed by atoms with Crippen molar-refractivity contribution < 1.29 is 9.53 Å². The summed E-state index contributed by atoms with van der Waals surface area (Å²) < 4.78 is 5.58. The molecular formula is C19H23NO2. The van der Waals surface area contributed by atoms with Gasteiger partial charge in [0, 0.05) is 5.69 Å². The van der Waals surface area contributed by atoms with Gasteiger partial charge in [0.15, 0.2) is 0 Å². The van der Waals surface area contributed by atoms with Crippen molar-refractivity contribution in [1.82, 2.24) is 0 Å². The van der Waals surface area contributed by atoms with Gasteiger partial charge in [-0.1, -0.05) is 23.8 Å². The molecule has 2 aromatic carbocycles. The highest BCUT2D eigenvalue weighted by Crippen LogP contribution is 2.18. The van der Waals surface area contributed by atoms with Crippen molar-refractivity contribution in [3.63, 3.8) is 0 Å². The number of ether oxygens (including phenoxy) is 1. The van der Waals surface area contributed by atoms with Crippen molar-refractivity contribution in [2.45, 2.75) is 40.2 Å². The van der Waals surface area contributed by atoms with Crippen LogP contribution in [-0.2, 0) is 11.2 Å². The molecular weight excluding hydrogens is 274 g/mol. The topological polar surface area (TPSA) is 38.3 Å². The fourth-order valence-electron chi connectivity index (χ4n) is 2.31. The number of rotatable bonds is 5. The molecule has 0 aliphatic carbocycles. The molecule has 2 rings (SSSR count). The molecule has 0 radical (unpaired) electrons. The molecule has 116 valence electrons. The van der Waals surface area contributed by atoms with Gasteiger partial charge in [-0.3, -0.25) is 4.79 Å². The molecule has 0 saturated heterocycles. The number of carbonyl (C=O) groups is 1. The van der Waals surface area contributed by atoms with E-state index in [9.17, 15) is 4.79 Å². The summed E-state index contributed by atoms with van der Waals surface area (Å²) in [6.07, 6.45) is 0.529. The van der Waals surface area contributed by atoms with Gasteiger partial charge in [0.2, 0.25) is 5.91 Å². The number of carbonyl (C=O) groups excluding carboxylic acids is 1. The predicted molar refractivity (Wildman–Crippen MR) is 90.5 cm³/mol. The van der Waals surface area contributed by atoms with Gasteiger partial charge < -0.3 is 10.1 Å². The molecule has 3 heteroatoms. The van der Waals surface area contributed by atoms with Crippen molar-refractivity contribution in [2.75, 3.05) is 5.32 Å². The van der Waals surface area contributed by atoms with Crippen LogP contribution in [0.15, 0.2) is 42.5 Å². The maximum atomic E-state index is 12.1. The van der Waals surface area contributed by atoms with Gasteiger partial charge in [0.25, 0.3) is 0 Å². The van der Waals surface area contributed by atoms with E-state index in [2.05, 4.69) is 18.3 Å². The van der Waals surface area contributed by atoms with E-state index in [0.717, 1.165) is 22.6 Å². The van der Waals surface area contributed by atoms with E-state index >= 15 is 0 Å². The second-order valence-corrected chi connectivity index (χ2v) is 5.85. The fourth-order valence-corrected chi connectivity index (χ4v) is 2.31. The molecule has 1 N–H and O–H groups in total. The Morgan fingerprint density at radius 3 is 2.36 bits per heavy atom. The molecule has 2 aromatic rings. The number of aryl methyl sites for hydroxylation is 2. The van der Waals surface area contributed by atoms with Crippen LogP contribution in [0.3, 0.4) is 0 Å². The second-order valence-electron chi connectivity index (χ2n) is 5.85. The Balaban J connectivity index is 1.97. The maximum Gasteiger partial charge on any atom is 0.228 e. The summed E-state index contributed by atoms with van der Waals surface area (Å²) in [5.41, 5.74) is 4.20. The van der Waals surface area contributed by atoms with Crippen molar-refractivity contribution in [1.29, 1.82) is 0 Å². The highest BCUT2D eigenvalue weighted by atomic mass is 16.5. The minimum Gasteiger partial charge on any atom is -0.491 e. The lowest BCUT2D eigenvalue weighted by molar-refractivity contribution is -0.115. The number of hydrogen-bond donors (Lipinski definition) is 1. The van der Waals surface area contributed by atoms with Crippen LogP contribution in [0.4, 0.5) is 5.69 Å². The van der Waals surface area contributed by atoms with E-state index in [0.29, 0.717) is 6.42 Å². The highest BCUT2D eigenvalue weighted by Gasteiger charge is 2.07.